The number of hydrogen-bond donors (Lipinski definition) is 2. The average molecular weight is 470 g/mol. The number of nitro groups is 1. The van der Waals surface area contributed by atoms with Gasteiger partial charge in [-0.3, -0.25) is 20.3 Å². The van der Waals surface area contributed by atoms with E-state index in [-0.39, 0.29) is 21.4 Å². The fourth-order valence-corrected chi connectivity index (χ4v) is 3.58. The van der Waals surface area contributed by atoms with Crippen molar-refractivity contribution >= 4 is 63.5 Å². The van der Waals surface area contributed by atoms with Crippen LogP contribution in [0.5, 0.6) is 0 Å². The van der Waals surface area contributed by atoms with E-state index >= 15 is 0 Å². The van der Waals surface area contributed by atoms with E-state index in [2.05, 4.69) is 5.43 Å². The third-order valence-corrected chi connectivity index (χ3v) is 5.09. The summed E-state index contributed by atoms with van der Waals surface area (Å²) in [5.74, 6) is -0.648. The van der Waals surface area contributed by atoms with Crippen molar-refractivity contribution in [3.05, 3.63) is 62.1 Å². The minimum absolute atomic E-state index is 0.0602. The van der Waals surface area contributed by atoms with Gasteiger partial charge in [-0.2, -0.15) is 0 Å². The third-order valence-electron chi connectivity index (χ3n) is 4.37. The lowest BCUT2D eigenvalue weighted by Crippen LogP contribution is -2.49. The molecule has 1 fully saturated rings. The summed E-state index contributed by atoms with van der Waals surface area (Å²) in [7, 11) is 0. The molecule has 3 N–H and O–H groups in total. The Morgan fingerprint density at radius 1 is 1.23 bits per heavy atom. The Kier molecular flexibility index (Phi) is 6.93. The number of amides is 1. The molecule has 1 aliphatic heterocycles. The normalized spacial score (nSPS) is 13.6. The Labute approximate surface area is 187 Å². The van der Waals surface area contributed by atoms with Crippen molar-refractivity contribution in [1.29, 1.82) is 0 Å². The van der Waals surface area contributed by atoms with Gasteiger partial charge in [-0.25, -0.2) is 5.01 Å². The molecule has 12 heteroatoms. The molecule has 30 heavy (non-hydrogen) atoms. The molecule has 2 aromatic rings. The molecule has 1 aliphatic rings. The van der Waals surface area contributed by atoms with Gasteiger partial charge in [0.2, 0.25) is 0 Å². The Bertz CT molecular complexity index is 1000. The molecular weight excluding hydrogens is 453 g/mol. The van der Waals surface area contributed by atoms with E-state index in [1.807, 2.05) is 4.90 Å². The number of morpholine rings is 1. The van der Waals surface area contributed by atoms with Crippen LogP contribution < -0.4 is 21.1 Å². The standard InChI is InChI=1S/C18H17Cl2N5O4S/c19-12-2-4-14(13(20)10-12)24(18(21)30)22-17(26)11-1-3-15(16(9-11)25(27)28)23-5-7-29-8-6-23/h1-4,9-10H,5-8H2,(H2,21,30)(H,22,26). The van der Waals surface area contributed by atoms with Gasteiger partial charge >= 0.3 is 0 Å². The van der Waals surface area contributed by atoms with Crippen molar-refractivity contribution in [1.82, 2.24) is 5.43 Å². The van der Waals surface area contributed by atoms with Crippen molar-refractivity contribution in [3.63, 3.8) is 0 Å². The molecule has 0 saturated carbocycles. The Morgan fingerprint density at radius 3 is 2.53 bits per heavy atom. The number of hydrogen-bond acceptors (Lipinski definition) is 6. The molecule has 1 heterocycles. The Morgan fingerprint density at radius 2 is 1.93 bits per heavy atom. The van der Waals surface area contributed by atoms with Crippen LogP contribution in [0.2, 0.25) is 10.0 Å². The van der Waals surface area contributed by atoms with Gasteiger partial charge in [0, 0.05) is 29.7 Å². The lowest BCUT2D eigenvalue weighted by Gasteiger charge is -2.28. The molecule has 3 rings (SSSR count). The van der Waals surface area contributed by atoms with E-state index in [0.29, 0.717) is 42.7 Å². The van der Waals surface area contributed by atoms with E-state index in [1.165, 1.54) is 24.3 Å². The van der Waals surface area contributed by atoms with Crippen molar-refractivity contribution in [2.24, 2.45) is 5.73 Å². The molecule has 0 unspecified atom stereocenters. The Balaban J connectivity index is 1.88. The van der Waals surface area contributed by atoms with E-state index in [1.54, 1.807) is 12.1 Å². The fraction of sp³-hybridized carbons (Fsp3) is 0.222. The maximum atomic E-state index is 12.8. The van der Waals surface area contributed by atoms with Gasteiger partial charge in [0.25, 0.3) is 11.6 Å². The number of carbonyl (C=O) groups excluding carboxylic acids is 1. The zero-order chi connectivity index (χ0) is 21.8. The van der Waals surface area contributed by atoms with Crippen LogP contribution in [-0.2, 0) is 4.74 Å². The number of nitrogens with zero attached hydrogens (tertiary/aromatic N) is 3. The summed E-state index contributed by atoms with van der Waals surface area (Å²) in [4.78, 5) is 25.7. The highest BCUT2D eigenvalue weighted by Gasteiger charge is 2.24. The van der Waals surface area contributed by atoms with Gasteiger partial charge in [0.1, 0.15) is 5.69 Å². The highest BCUT2D eigenvalue weighted by Crippen LogP contribution is 2.31. The molecular formula is C18H17Cl2N5O4S. The van der Waals surface area contributed by atoms with Crippen molar-refractivity contribution in [3.8, 4) is 0 Å². The van der Waals surface area contributed by atoms with Gasteiger partial charge in [-0.05, 0) is 42.5 Å². The Hall–Kier alpha value is -2.66. The number of anilines is 2. The van der Waals surface area contributed by atoms with Crippen LogP contribution in [0.3, 0.4) is 0 Å². The molecule has 0 atom stereocenters. The zero-order valence-corrected chi connectivity index (χ0v) is 17.8. The molecule has 158 valence electrons. The van der Waals surface area contributed by atoms with Gasteiger partial charge in [-0.15, -0.1) is 0 Å². The van der Waals surface area contributed by atoms with Gasteiger partial charge in [0.05, 0.1) is 28.8 Å². The number of halogens is 2. The number of nitro benzene ring substituents is 1. The van der Waals surface area contributed by atoms with Gasteiger partial charge < -0.3 is 15.4 Å². The minimum atomic E-state index is -0.648. The first-order valence-electron chi connectivity index (χ1n) is 8.74. The van der Waals surface area contributed by atoms with Crippen LogP contribution in [-0.4, -0.2) is 42.2 Å². The van der Waals surface area contributed by atoms with Gasteiger partial charge in [-0.1, -0.05) is 23.2 Å². The first-order chi connectivity index (χ1) is 14.3. The molecule has 0 aromatic heterocycles. The number of thiocarbonyl (C=S) groups is 1. The van der Waals surface area contributed by atoms with Crippen LogP contribution in [0, 0.1) is 10.1 Å². The van der Waals surface area contributed by atoms with E-state index in [9.17, 15) is 14.9 Å². The average Bonchev–Trinajstić information content (AvgIpc) is 2.72. The summed E-state index contributed by atoms with van der Waals surface area (Å²) in [5.41, 5.74) is 8.85. The summed E-state index contributed by atoms with van der Waals surface area (Å²) < 4.78 is 5.28. The smallest absolute Gasteiger partial charge is 0.293 e. The summed E-state index contributed by atoms with van der Waals surface area (Å²) in [6.07, 6.45) is 0. The number of rotatable bonds is 4. The maximum absolute atomic E-state index is 12.8. The zero-order valence-electron chi connectivity index (χ0n) is 15.5. The number of ether oxygens (including phenoxy) is 1. The van der Waals surface area contributed by atoms with E-state index in [0.717, 1.165) is 5.01 Å². The summed E-state index contributed by atoms with van der Waals surface area (Å²) in [5, 5.41) is 13.1. The molecule has 2 aromatic carbocycles. The number of hydrazine groups is 1. The fourth-order valence-electron chi connectivity index (χ4n) is 2.95. The van der Waals surface area contributed by atoms with E-state index in [4.69, 9.17) is 45.9 Å². The maximum Gasteiger partial charge on any atom is 0.293 e. The summed E-state index contributed by atoms with van der Waals surface area (Å²) >= 11 is 17.1. The molecule has 0 bridgehead atoms. The van der Waals surface area contributed by atoms with Crippen molar-refractivity contribution < 1.29 is 14.5 Å². The highest BCUT2D eigenvalue weighted by atomic mass is 35.5. The second kappa shape index (κ2) is 9.43. The second-order valence-corrected chi connectivity index (χ2v) is 7.53. The van der Waals surface area contributed by atoms with Crippen LogP contribution >= 0.6 is 35.4 Å². The number of nitrogens with two attached hydrogens (primary N) is 1. The quantitative estimate of drug-likeness (QED) is 0.398. The largest absolute Gasteiger partial charge is 0.378 e. The predicted molar refractivity (Wildman–Crippen MR) is 119 cm³/mol. The SMILES string of the molecule is NC(=S)N(NC(=O)c1ccc(N2CCOCC2)c([N+](=O)[O-])c1)c1ccc(Cl)cc1Cl. The number of nitrogens with one attached hydrogen (secondary N) is 1. The third kappa shape index (κ3) is 4.90. The molecule has 0 radical (unpaired) electrons. The first-order valence-corrected chi connectivity index (χ1v) is 9.91. The van der Waals surface area contributed by atoms with Crippen LogP contribution in [0.25, 0.3) is 0 Å². The number of carbonyl (C=O) groups is 1. The molecule has 0 aliphatic carbocycles. The summed E-state index contributed by atoms with van der Waals surface area (Å²) in [6.45, 7) is 2.00. The molecule has 9 nitrogen and oxygen atoms in total. The monoisotopic (exact) mass is 469 g/mol. The van der Waals surface area contributed by atoms with Crippen LogP contribution in [0.4, 0.5) is 17.1 Å². The molecule has 1 amide bonds. The van der Waals surface area contributed by atoms with Gasteiger partial charge in [0.15, 0.2) is 5.11 Å². The topological polar surface area (TPSA) is 114 Å². The first kappa shape index (κ1) is 22.0. The van der Waals surface area contributed by atoms with Crippen molar-refractivity contribution in [2.75, 3.05) is 36.2 Å². The minimum Gasteiger partial charge on any atom is -0.378 e. The van der Waals surface area contributed by atoms with Crippen LogP contribution in [0.15, 0.2) is 36.4 Å². The van der Waals surface area contributed by atoms with E-state index < -0.39 is 10.8 Å². The van der Waals surface area contributed by atoms with Crippen LogP contribution in [0.1, 0.15) is 10.4 Å². The molecule has 1 saturated heterocycles. The molecule has 0 spiro atoms. The highest BCUT2D eigenvalue weighted by molar-refractivity contribution is 7.80. The predicted octanol–water partition coefficient (Wildman–Crippen LogP) is 3.13. The summed E-state index contributed by atoms with van der Waals surface area (Å²) in [6, 6.07) is 8.81. The second-order valence-electron chi connectivity index (χ2n) is 6.27. The number of benzene rings is 2. The van der Waals surface area contributed by atoms with Crippen molar-refractivity contribution in [2.45, 2.75) is 0 Å². The lowest BCUT2D eigenvalue weighted by molar-refractivity contribution is -0.384. The lowest BCUT2D eigenvalue weighted by atomic mass is 10.1.